The Hall–Kier alpha value is -2.76. The molecule has 0 radical (unpaired) electrons. The highest BCUT2D eigenvalue weighted by molar-refractivity contribution is 5.78. The molecular weight excluding hydrogens is 269 g/mol. The molecule has 0 aliphatic rings. The Morgan fingerprint density at radius 3 is 2.86 bits per heavy atom. The first-order chi connectivity index (χ1) is 10.2. The lowest BCUT2D eigenvalue weighted by molar-refractivity contribution is 0.628. The molecule has 0 aliphatic heterocycles. The summed E-state index contributed by atoms with van der Waals surface area (Å²) in [5.74, 6) is -0.291. The van der Waals surface area contributed by atoms with Crippen LogP contribution in [0, 0.1) is 12.7 Å². The molecule has 21 heavy (non-hydrogen) atoms. The van der Waals surface area contributed by atoms with E-state index in [1.807, 2.05) is 6.92 Å². The molecule has 0 saturated heterocycles. The van der Waals surface area contributed by atoms with Gasteiger partial charge in [-0.15, -0.1) is 0 Å². The number of rotatable bonds is 4. The zero-order chi connectivity index (χ0) is 14.7. The standard InChI is InChI=1S/C15H14FN5/c1-10-14(7-18-8-20-10)13-3-2-11(16)4-15(13)19-6-12-5-17-9-21-12/h2-5,7-9,19H,6H2,1H3,(H,17,21). The predicted octanol–water partition coefficient (Wildman–Crippen LogP) is 2.93. The molecule has 0 spiro atoms. The Morgan fingerprint density at radius 1 is 1.19 bits per heavy atom. The molecule has 0 atom stereocenters. The van der Waals surface area contributed by atoms with Gasteiger partial charge < -0.3 is 10.3 Å². The zero-order valence-corrected chi connectivity index (χ0v) is 11.5. The van der Waals surface area contributed by atoms with E-state index >= 15 is 0 Å². The lowest BCUT2D eigenvalue weighted by Crippen LogP contribution is -2.02. The van der Waals surface area contributed by atoms with Crippen molar-refractivity contribution in [2.75, 3.05) is 5.32 Å². The smallest absolute Gasteiger partial charge is 0.125 e. The number of aromatic nitrogens is 4. The van der Waals surface area contributed by atoms with Gasteiger partial charge in [0.15, 0.2) is 0 Å². The number of benzene rings is 1. The van der Waals surface area contributed by atoms with Gasteiger partial charge in [0.2, 0.25) is 0 Å². The third kappa shape index (κ3) is 2.89. The normalized spacial score (nSPS) is 10.6. The first kappa shape index (κ1) is 13.2. The van der Waals surface area contributed by atoms with Crippen molar-refractivity contribution in [1.29, 1.82) is 0 Å². The maximum atomic E-state index is 13.5. The first-order valence-corrected chi connectivity index (χ1v) is 6.51. The number of H-pyrrole nitrogens is 1. The Morgan fingerprint density at radius 2 is 2.10 bits per heavy atom. The summed E-state index contributed by atoms with van der Waals surface area (Å²) < 4.78 is 13.5. The topological polar surface area (TPSA) is 66.5 Å². The summed E-state index contributed by atoms with van der Waals surface area (Å²) in [5.41, 5.74) is 4.22. The van der Waals surface area contributed by atoms with E-state index in [9.17, 15) is 4.39 Å². The molecule has 5 nitrogen and oxygen atoms in total. The van der Waals surface area contributed by atoms with Crippen LogP contribution in [0.15, 0.2) is 43.2 Å². The molecule has 3 rings (SSSR count). The van der Waals surface area contributed by atoms with Gasteiger partial charge in [-0.25, -0.2) is 19.3 Å². The third-order valence-corrected chi connectivity index (χ3v) is 3.21. The van der Waals surface area contributed by atoms with E-state index in [1.54, 1.807) is 24.8 Å². The second kappa shape index (κ2) is 5.70. The number of nitrogens with zero attached hydrogens (tertiary/aromatic N) is 3. The van der Waals surface area contributed by atoms with Crippen LogP contribution in [0.5, 0.6) is 0 Å². The third-order valence-electron chi connectivity index (χ3n) is 3.21. The van der Waals surface area contributed by atoms with Crippen LogP contribution in [0.25, 0.3) is 11.1 Å². The van der Waals surface area contributed by atoms with Crippen LogP contribution in [0.1, 0.15) is 11.4 Å². The summed E-state index contributed by atoms with van der Waals surface area (Å²) in [4.78, 5) is 15.2. The lowest BCUT2D eigenvalue weighted by Gasteiger charge is -2.13. The van der Waals surface area contributed by atoms with Crippen LogP contribution in [0.2, 0.25) is 0 Å². The highest BCUT2D eigenvalue weighted by Gasteiger charge is 2.10. The summed E-state index contributed by atoms with van der Waals surface area (Å²) in [6.45, 7) is 2.43. The van der Waals surface area contributed by atoms with Gasteiger partial charge in [0.05, 0.1) is 18.6 Å². The minimum absolute atomic E-state index is 0.291. The van der Waals surface area contributed by atoms with Gasteiger partial charge in [0.25, 0.3) is 0 Å². The highest BCUT2D eigenvalue weighted by Crippen LogP contribution is 2.30. The van der Waals surface area contributed by atoms with E-state index in [1.165, 1.54) is 18.5 Å². The van der Waals surface area contributed by atoms with Crippen molar-refractivity contribution in [2.45, 2.75) is 13.5 Å². The average molecular weight is 283 g/mol. The number of hydrogen-bond donors (Lipinski definition) is 2. The van der Waals surface area contributed by atoms with Gasteiger partial charge in [-0.3, -0.25) is 0 Å². The van der Waals surface area contributed by atoms with E-state index in [2.05, 4.69) is 25.3 Å². The van der Waals surface area contributed by atoms with Gasteiger partial charge in [-0.1, -0.05) is 0 Å². The second-order valence-corrected chi connectivity index (χ2v) is 4.64. The minimum atomic E-state index is -0.291. The van der Waals surface area contributed by atoms with Gasteiger partial charge in [0.1, 0.15) is 12.1 Å². The lowest BCUT2D eigenvalue weighted by atomic mass is 10.0. The summed E-state index contributed by atoms with van der Waals surface area (Å²) >= 11 is 0. The number of halogens is 1. The average Bonchev–Trinajstić information content (AvgIpc) is 3.00. The van der Waals surface area contributed by atoms with E-state index in [-0.39, 0.29) is 5.82 Å². The molecule has 2 heterocycles. The van der Waals surface area contributed by atoms with Crippen molar-refractivity contribution in [2.24, 2.45) is 0 Å². The van der Waals surface area contributed by atoms with Crippen LogP contribution in [0.3, 0.4) is 0 Å². The Balaban J connectivity index is 1.95. The highest BCUT2D eigenvalue weighted by atomic mass is 19.1. The van der Waals surface area contributed by atoms with Gasteiger partial charge in [-0.05, 0) is 25.1 Å². The Labute approximate surface area is 121 Å². The molecular formula is C15H14FN5. The van der Waals surface area contributed by atoms with Crippen LogP contribution in [-0.2, 0) is 6.54 Å². The Bertz CT molecular complexity index is 740. The molecule has 2 aromatic heterocycles. The quantitative estimate of drug-likeness (QED) is 0.772. The van der Waals surface area contributed by atoms with Crippen LogP contribution in [-0.4, -0.2) is 19.9 Å². The largest absolute Gasteiger partial charge is 0.379 e. The molecule has 3 aromatic rings. The second-order valence-electron chi connectivity index (χ2n) is 4.64. The molecule has 6 heteroatoms. The van der Waals surface area contributed by atoms with Gasteiger partial charge >= 0.3 is 0 Å². The van der Waals surface area contributed by atoms with Crippen molar-refractivity contribution in [3.05, 3.63) is 60.5 Å². The summed E-state index contributed by atoms with van der Waals surface area (Å²) in [6.07, 6.45) is 6.57. The molecule has 0 aliphatic carbocycles. The monoisotopic (exact) mass is 283 g/mol. The van der Waals surface area contributed by atoms with E-state index in [4.69, 9.17) is 0 Å². The number of aryl methyl sites for hydroxylation is 1. The number of anilines is 1. The van der Waals surface area contributed by atoms with E-state index < -0.39 is 0 Å². The SMILES string of the molecule is Cc1ncncc1-c1ccc(F)cc1NCc1cnc[nH]1. The fourth-order valence-electron chi connectivity index (χ4n) is 2.12. The van der Waals surface area contributed by atoms with Crippen LogP contribution in [0.4, 0.5) is 10.1 Å². The van der Waals surface area contributed by atoms with Gasteiger partial charge in [-0.2, -0.15) is 0 Å². The zero-order valence-electron chi connectivity index (χ0n) is 11.5. The number of nitrogens with one attached hydrogen (secondary N) is 2. The maximum absolute atomic E-state index is 13.5. The minimum Gasteiger partial charge on any atom is -0.379 e. The fourth-order valence-corrected chi connectivity index (χ4v) is 2.12. The first-order valence-electron chi connectivity index (χ1n) is 6.51. The predicted molar refractivity (Wildman–Crippen MR) is 78.1 cm³/mol. The van der Waals surface area contributed by atoms with Crippen molar-refractivity contribution < 1.29 is 4.39 Å². The van der Waals surface area contributed by atoms with Crippen molar-refractivity contribution in [1.82, 2.24) is 19.9 Å². The molecule has 0 unspecified atom stereocenters. The van der Waals surface area contributed by atoms with Crippen molar-refractivity contribution in [3.8, 4) is 11.1 Å². The molecule has 0 saturated carbocycles. The summed E-state index contributed by atoms with van der Waals surface area (Å²) in [5, 5.41) is 3.22. The van der Waals surface area contributed by atoms with E-state index in [0.29, 0.717) is 12.2 Å². The van der Waals surface area contributed by atoms with Crippen LogP contribution < -0.4 is 5.32 Å². The molecule has 0 amide bonds. The molecule has 106 valence electrons. The Kier molecular flexibility index (Phi) is 3.59. The maximum Gasteiger partial charge on any atom is 0.125 e. The number of imidazole rings is 1. The molecule has 1 aromatic carbocycles. The molecule has 2 N–H and O–H groups in total. The molecule has 0 bridgehead atoms. The summed E-state index contributed by atoms with van der Waals surface area (Å²) in [7, 11) is 0. The fraction of sp³-hybridized carbons (Fsp3) is 0.133. The van der Waals surface area contributed by atoms with Crippen molar-refractivity contribution >= 4 is 5.69 Å². The summed E-state index contributed by atoms with van der Waals surface area (Å²) in [6, 6.07) is 4.64. The number of aromatic amines is 1. The number of hydrogen-bond acceptors (Lipinski definition) is 4. The van der Waals surface area contributed by atoms with Gasteiger partial charge in [0, 0.05) is 34.9 Å². The van der Waals surface area contributed by atoms with Crippen LogP contribution >= 0.6 is 0 Å². The van der Waals surface area contributed by atoms with Crippen molar-refractivity contribution in [3.63, 3.8) is 0 Å². The molecule has 0 fully saturated rings. The van der Waals surface area contributed by atoms with E-state index in [0.717, 1.165) is 22.5 Å².